The van der Waals surface area contributed by atoms with E-state index in [9.17, 15) is 9.59 Å². The molecule has 4 rings (SSSR count). The lowest BCUT2D eigenvalue weighted by atomic mass is 9.89. The van der Waals surface area contributed by atoms with Gasteiger partial charge >= 0.3 is 6.09 Å². The summed E-state index contributed by atoms with van der Waals surface area (Å²) in [6, 6.07) is 27.6. The van der Waals surface area contributed by atoms with Crippen LogP contribution in [-0.2, 0) is 4.79 Å². The van der Waals surface area contributed by atoms with E-state index in [1.807, 2.05) is 72.8 Å². The lowest BCUT2D eigenvalue weighted by molar-refractivity contribution is -0.121. The highest BCUT2D eigenvalue weighted by molar-refractivity contribution is 5.87. The number of anilines is 1. The van der Waals surface area contributed by atoms with Gasteiger partial charge < -0.3 is 15.3 Å². The van der Waals surface area contributed by atoms with Crippen LogP contribution in [-0.4, -0.2) is 48.2 Å². The van der Waals surface area contributed by atoms with Crippen LogP contribution < -0.4 is 10.6 Å². The van der Waals surface area contributed by atoms with Crippen molar-refractivity contribution in [2.45, 2.75) is 31.1 Å². The highest BCUT2D eigenvalue weighted by atomic mass is 16.4. The van der Waals surface area contributed by atoms with Crippen LogP contribution in [0.15, 0.2) is 84.9 Å². The molecule has 0 aromatic heterocycles. The first-order valence-electron chi connectivity index (χ1n) is 12.3. The third-order valence-corrected chi connectivity index (χ3v) is 6.68. The Balaban J connectivity index is 1.23. The standard InChI is InChI=1S/C29H33N3O3/c33-28(27(23-9-3-1-4-10-23)24-11-5-2-6-12-24)30-17-8-18-32-19-15-22(16-20-32)25-13-7-14-26(21-25)31-29(34)35/h1-7,9-14,21-22,27,31H,8,15-20H2,(H,30,33)(H,34,35). The monoisotopic (exact) mass is 471 g/mol. The number of carbonyl (C=O) groups is 2. The Kier molecular flexibility index (Phi) is 8.52. The molecule has 0 bridgehead atoms. The van der Waals surface area contributed by atoms with Crippen LogP contribution in [0.3, 0.4) is 0 Å². The van der Waals surface area contributed by atoms with Gasteiger partial charge in [0.05, 0.1) is 5.92 Å². The first-order valence-corrected chi connectivity index (χ1v) is 12.3. The first kappa shape index (κ1) is 24.5. The average Bonchev–Trinajstić information content (AvgIpc) is 2.88. The molecule has 6 nitrogen and oxygen atoms in total. The summed E-state index contributed by atoms with van der Waals surface area (Å²) in [5, 5.41) is 14.5. The van der Waals surface area contributed by atoms with Gasteiger partial charge in [-0.3, -0.25) is 10.1 Å². The summed E-state index contributed by atoms with van der Waals surface area (Å²) in [5.41, 5.74) is 3.82. The highest BCUT2D eigenvalue weighted by Gasteiger charge is 2.23. The van der Waals surface area contributed by atoms with Gasteiger partial charge in [0.2, 0.25) is 5.91 Å². The van der Waals surface area contributed by atoms with Crippen molar-refractivity contribution in [1.82, 2.24) is 10.2 Å². The fraction of sp³-hybridized carbons (Fsp3) is 0.310. The van der Waals surface area contributed by atoms with Crippen LogP contribution in [0.2, 0.25) is 0 Å². The van der Waals surface area contributed by atoms with Crippen molar-refractivity contribution in [2.75, 3.05) is 31.5 Å². The van der Waals surface area contributed by atoms with Crippen molar-refractivity contribution >= 4 is 17.7 Å². The topological polar surface area (TPSA) is 81.7 Å². The molecule has 3 aromatic rings. The molecule has 1 aliphatic heterocycles. The van der Waals surface area contributed by atoms with Gasteiger partial charge in [0.15, 0.2) is 0 Å². The van der Waals surface area contributed by atoms with Crippen LogP contribution in [0.4, 0.5) is 10.5 Å². The zero-order valence-electron chi connectivity index (χ0n) is 19.9. The number of carboxylic acid groups (broad SMARTS) is 1. The zero-order valence-corrected chi connectivity index (χ0v) is 19.9. The SMILES string of the molecule is O=C(O)Nc1cccc(C2CCN(CCCNC(=O)C(c3ccccc3)c3ccccc3)CC2)c1. The molecular weight excluding hydrogens is 438 g/mol. The number of hydrogen-bond acceptors (Lipinski definition) is 3. The second-order valence-corrected chi connectivity index (χ2v) is 9.07. The molecule has 1 fully saturated rings. The molecule has 0 atom stereocenters. The van der Waals surface area contributed by atoms with Crippen LogP contribution in [0.5, 0.6) is 0 Å². The summed E-state index contributed by atoms with van der Waals surface area (Å²) in [7, 11) is 0. The first-order chi connectivity index (χ1) is 17.1. The maximum atomic E-state index is 13.1. The molecule has 182 valence electrons. The number of carbonyl (C=O) groups excluding carboxylic acids is 1. The van der Waals surface area contributed by atoms with E-state index in [4.69, 9.17) is 5.11 Å². The molecule has 0 spiro atoms. The molecule has 6 heteroatoms. The summed E-state index contributed by atoms with van der Waals surface area (Å²) in [4.78, 5) is 26.5. The van der Waals surface area contributed by atoms with E-state index < -0.39 is 6.09 Å². The number of hydrogen-bond donors (Lipinski definition) is 3. The summed E-state index contributed by atoms with van der Waals surface area (Å²) in [6.07, 6.45) is 1.97. The normalized spacial score (nSPS) is 14.5. The predicted octanol–water partition coefficient (Wildman–Crippen LogP) is 5.29. The molecule has 1 saturated heterocycles. The number of nitrogens with one attached hydrogen (secondary N) is 2. The molecule has 3 aromatic carbocycles. The number of nitrogens with zero attached hydrogens (tertiary/aromatic N) is 1. The van der Waals surface area contributed by atoms with Crippen molar-refractivity contribution < 1.29 is 14.7 Å². The van der Waals surface area contributed by atoms with Crippen LogP contribution in [0.25, 0.3) is 0 Å². The van der Waals surface area contributed by atoms with Gasteiger partial charge in [0, 0.05) is 12.2 Å². The maximum absolute atomic E-state index is 13.1. The molecule has 3 N–H and O–H groups in total. The van der Waals surface area contributed by atoms with Crippen molar-refractivity contribution in [1.29, 1.82) is 0 Å². The van der Waals surface area contributed by atoms with Crippen LogP contribution >= 0.6 is 0 Å². The quantitative estimate of drug-likeness (QED) is 0.370. The number of rotatable bonds is 9. The van der Waals surface area contributed by atoms with Gasteiger partial charge in [0.25, 0.3) is 0 Å². The molecule has 35 heavy (non-hydrogen) atoms. The third-order valence-electron chi connectivity index (χ3n) is 6.68. The summed E-state index contributed by atoms with van der Waals surface area (Å²) in [6.45, 7) is 3.62. The minimum atomic E-state index is -1.04. The lowest BCUT2D eigenvalue weighted by Crippen LogP contribution is -2.36. The Morgan fingerprint density at radius 3 is 2.11 bits per heavy atom. The zero-order chi connectivity index (χ0) is 24.5. The molecule has 0 saturated carbocycles. The minimum Gasteiger partial charge on any atom is -0.465 e. The van der Waals surface area contributed by atoms with Crippen molar-refractivity contribution in [3.63, 3.8) is 0 Å². The number of amides is 2. The second kappa shape index (κ2) is 12.2. The van der Waals surface area contributed by atoms with Crippen molar-refractivity contribution in [2.24, 2.45) is 0 Å². The predicted molar refractivity (Wildman–Crippen MR) is 139 cm³/mol. The molecule has 1 heterocycles. The molecule has 1 aliphatic rings. The number of benzene rings is 3. The average molecular weight is 472 g/mol. The van der Waals surface area contributed by atoms with Gasteiger partial charge in [-0.25, -0.2) is 4.79 Å². The number of likely N-dealkylation sites (tertiary alicyclic amines) is 1. The lowest BCUT2D eigenvalue weighted by Gasteiger charge is -2.32. The molecular formula is C29H33N3O3. The Morgan fingerprint density at radius 1 is 0.886 bits per heavy atom. The van der Waals surface area contributed by atoms with E-state index in [2.05, 4.69) is 21.6 Å². The smallest absolute Gasteiger partial charge is 0.409 e. The maximum Gasteiger partial charge on any atom is 0.409 e. The Bertz CT molecular complexity index is 1060. The van der Waals surface area contributed by atoms with Gasteiger partial charge in [0.1, 0.15) is 0 Å². The van der Waals surface area contributed by atoms with E-state index in [1.165, 1.54) is 5.56 Å². The summed E-state index contributed by atoms with van der Waals surface area (Å²) in [5.74, 6) is 0.175. The van der Waals surface area contributed by atoms with E-state index in [0.29, 0.717) is 18.2 Å². The molecule has 0 aliphatic carbocycles. The molecule has 2 amide bonds. The van der Waals surface area contributed by atoms with Gasteiger partial charge in [-0.05, 0) is 73.6 Å². The van der Waals surface area contributed by atoms with Gasteiger partial charge in [-0.1, -0.05) is 72.8 Å². The Morgan fingerprint density at radius 2 is 1.51 bits per heavy atom. The molecule has 0 unspecified atom stereocenters. The highest BCUT2D eigenvalue weighted by Crippen LogP contribution is 2.29. The van der Waals surface area contributed by atoms with Gasteiger partial charge in [-0.15, -0.1) is 0 Å². The van der Waals surface area contributed by atoms with E-state index in [-0.39, 0.29) is 11.8 Å². The second-order valence-electron chi connectivity index (χ2n) is 9.07. The minimum absolute atomic E-state index is 0.0379. The molecule has 0 radical (unpaired) electrons. The summed E-state index contributed by atoms with van der Waals surface area (Å²) < 4.78 is 0. The summed E-state index contributed by atoms with van der Waals surface area (Å²) >= 11 is 0. The Hall–Kier alpha value is -3.64. The largest absolute Gasteiger partial charge is 0.465 e. The Labute approximate surface area is 207 Å². The van der Waals surface area contributed by atoms with Crippen LogP contribution in [0, 0.1) is 0 Å². The van der Waals surface area contributed by atoms with Crippen LogP contribution in [0.1, 0.15) is 47.8 Å². The fourth-order valence-electron chi connectivity index (χ4n) is 4.89. The fourth-order valence-corrected chi connectivity index (χ4v) is 4.89. The van der Waals surface area contributed by atoms with E-state index >= 15 is 0 Å². The van der Waals surface area contributed by atoms with Crippen molar-refractivity contribution in [3.05, 3.63) is 102 Å². The van der Waals surface area contributed by atoms with Gasteiger partial charge in [-0.2, -0.15) is 0 Å². The third kappa shape index (κ3) is 6.93. The number of piperidine rings is 1. The van der Waals surface area contributed by atoms with E-state index in [0.717, 1.165) is 50.0 Å². The van der Waals surface area contributed by atoms with E-state index in [1.54, 1.807) is 6.07 Å². The van der Waals surface area contributed by atoms with Crippen molar-refractivity contribution in [3.8, 4) is 0 Å².